The first kappa shape index (κ1) is 9.12. The summed E-state index contributed by atoms with van der Waals surface area (Å²) in [7, 11) is 0. The fourth-order valence-electron chi connectivity index (χ4n) is 1.58. The smallest absolute Gasteiger partial charge is 0.181 e. The number of fused-ring (bicyclic) bond motifs is 1. The molecule has 0 aliphatic heterocycles. The third kappa shape index (κ3) is 1.47. The summed E-state index contributed by atoms with van der Waals surface area (Å²) in [4.78, 5) is 16.3. The number of rotatable bonds is 2. The van der Waals surface area contributed by atoms with Crippen LogP contribution in [0.2, 0.25) is 0 Å². The minimum atomic E-state index is 0.782. The summed E-state index contributed by atoms with van der Waals surface area (Å²) in [6.07, 6.45) is 2.06. The van der Waals surface area contributed by atoms with Gasteiger partial charge in [-0.3, -0.25) is 0 Å². The van der Waals surface area contributed by atoms with E-state index in [1.807, 2.05) is 13.8 Å². The summed E-state index contributed by atoms with van der Waals surface area (Å²) in [5.41, 5.74) is 2.74. The lowest BCUT2D eigenvalue weighted by Crippen LogP contribution is -1.91. The van der Waals surface area contributed by atoms with E-state index in [-0.39, 0.29) is 0 Å². The third-order valence-electron chi connectivity index (χ3n) is 2.18. The van der Waals surface area contributed by atoms with Crippen LogP contribution in [0.4, 0.5) is 0 Å². The van der Waals surface area contributed by atoms with Gasteiger partial charge >= 0.3 is 0 Å². The van der Waals surface area contributed by atoms with Crippen molar-refractivity contribution < 1.29 is 0 Å². The van der Waals surface area contributed by atoms with Crippen LogP contribution < -0.4 is 0 Å². The van der Waals surface area contributed by atoms with Crippen molar-refractivity contribution in [3.05, 3.63) is 17.3 Å². The minimum Gasteiger partial charge on any atom is -0.339 e. The largest absolute Gasteiger partial charge is 0.339 e. The summed E-state index contributed by atoms with van der Waals surface area (Å²) in [6, 6.07) is 0. The van der Waals surface area contributed by atoms with Crippen molar-refractivity contribution in [3.8, 4) is 0 Å². The second-order valence-electron chi connectivity index (χ2n) is 3.49. The van der Waals surface area contributed by atoms with Gasteiger partial charge in [-0.25, -0.2) is 15.0 Å². The highest BCUT2D eigenvalue weighted by Gasteiger charge is 2.07. The molecule has 0 amide bonds. The Morgan fingerprint density at radius 2 is 1.93 bits per heavy atom. The molecular weight excluding hydrogens is 176 g/mol. The predicted octanol–water partition coefficient (Wildman–Crippen LogP) is 1.92. The van der Waals surface area contributed by atoms with Crippen LogP contribution in [0.1, 0.15) is 30.7 Å². The molecule has 1 N–H and O–H groups in total. The molecule has 0 bridgehead atoms. The Kier molecular flexibility index (Phi) is 2.19. The average molecular weight is 190 g/mol. The quantitative estimate of drug-likeness (QED) is 0.787. The van der Waals surface area contributed by atoms with Crippen LogP contribution in [0.25, 0.3) is 11.2 Å². The van der Waals surface area contributed by atoms with Crippen LogP contribution >= 0.6 is 0 Å². The summed E-state index contributed by atoms with van der Waals surface area (Å²) in [5.74, 6) is 1.79. The normalized spacial score (nSPS) is 11.1. The second kappa shape index (κ2) is 3.36. The molecule has 0 radical (unpaired) electrons. The van der Waals surface area contributed by atoms with Crippen molar-refractivity contribution in [1.29, 1.82) is 0 Å². The van der Waals surface area contributed by atoms with Crippen molar-refractivity contribution >= 4 is 11.2 Å². The second-order valence-corrected chi connectivity index (χ2v) is 3.49. The Hall–Kier alpha value is -1.45. The number of aromatic amines is 1. The van der Waals surface area contributed by atoms with E-state index in [9.17, 15) is 0 Å². The molecule has 0 atom stereocenters. The van der Waals surface area contributed by atoms with E-state index in [1.165, 1.54) is 0 Å². The number of imidazole rings is 1. The Labute approximate surface area is 82.8 Å². The molecule has 2 rings (SSSR count). The number of hydrogen-bond donors (Lipinski definition) is 1. The molecule has 0 aliphatic rings. The number of nitrogens with zero attached hydrogens (tertiary/aromatic N) is 3. The molecular formula is C10H14N4. The maximum atomic E-state index is 4.42. The Bertz CT molecular complexity index is 458. The number of hydrogen-bond acceptors (Lipinski definition) is 3. The fourth-order valence-corrected chi connectivity index (χ4v) is 1.58. The molecule has 74 valence electrons. The van der Waals surface area contributed by atoms with Crippen LogP contribution in [0.3, 0.4) is 0 Å². The lowest BCUT2D eigenvalue weighted by Gasteiger charge is -1.94. The summed E-state index contributed by atoms with van der Waals surface area (Å²) in [5, 5.41) is 0. The predicted molar refractivity (Wildman–Crippen MR) is 55.2 cm³/mol. The van der Waals surface area contributed by atoms with Gasteiger partial charge in [0.25, 0.3) is 0 Å². The van der Waals surface area contributed by atoms with Crippen LogP contribution in [0.5, 0.6) is 0 Å². The van der Waals surface area contributed by atoms with Crippen molar-refractivity contribution in [2.24, 2.45) is 0 Å². The van der Waals surface area contributed by atoms with E-state index in [0.29, 0.717) is 0 Å². The number of aromatic nitrogens is 4. The SMILES string of the molecule is CCCc1nc2nc(C)nc(C)c2[nH]1. The molecule has 0 aliphatic carbocycles. The Balaban J connectivity index is 2.58. The van der Waals surface area contributed by atoms with E-state index in [2.05, 4.69) is 26.9 Å². The minimum absolute atomic E-state index is 0.782. The van der Waals surface area contributed by atoms with E-state index < -0.39 is 0 Å². The van der Waals surface area contributed by atoms with Crippen LogP contribution in [0.15, 0.2) is 0 Å². The van der Waals surface area contributed by atoms with Gasteiger partial charge in [0.15, 0.2) is 5.65 Å². The van der Waals surface area contributed by atoms with Gasteiger partial charge in [-0.05, 0) is 20.3 Å². The van der Waals surface area contributed by atoms with E-state index in [0.717, 1.165) is 41.3 Å². The molecule has 2 heterocycles. The van der Waals surface area contributed by atoms with Crippen molar-refractivity contribution in [2.75, 3.05) is 0 Å². The average Bonchev–Trinajstić information content (AvgIpc) is 2.48. The van der Waals surface area contributed by atoms with Crippen molar-refractivity contribution in [1.82, 2.24) is 19.9 Å². The summed E-state index contributed by atoms with van der Waals surface area (Å²) in [6.45, 7) is 6.00. The summed E-state index contributed by atoms with van der Waals surface area (Å²) >= 11 is 0. The van der Waals surface area contributed by atoms with E-state index in [4.69, 9.17) is 0 Å². The molecule has 4 heteroatoms. The summed E-state index contributed by atoms with van der Waals surface area (Å²) < 4.78 is 0. The van der Waals surface area contributed by atoms with Crippen LogP contribution in [-0.4, -0.2) is 19.9 Å². The van der Waals surface area contributed by atoms with Crippen molar-refractivity contribution in [2.45, 2.75) is 33.6 Å². The highest BCUT2D eigenvalue weighted by atomic mass is 15.0. The first-order valence-corrected chi connectivity index (χ1v) is 4.90. The zero-order chi connectivity index (χ0) is 10.1. The Morgan fingerprint density at radius 1 is 1.14 bits per heavy atom. The van der Waals surface area contributed by atoms with Crippen molar-refractivity contribution in [3.63, 3.8) is 0 Å². The van der Waals surface area contributed by atoms with Gasteiger partial charge in [0.2, 0.25) is 0 Å². The van der Waals surface area contributed by atoms with Crippen LogP contribution in [0, 0.1) is 13.8 Å². The first-order valence-electron chi connectivity index (χ1n) is 4.90. The molecule has 0 spiro atoms. The zero-order valence-corrected chi connectivity index (χ0v) is 8.76. The van der Waals surface area contributed by atoms with Gasteiger partial charge in [-0.1, -0.05) is 6.92 Å². The molecule has 4 nitrogen and oxygen atoms in total. The lowest BCUT2D eigenvalue weighted by molar-refractivity contribution is 0.860. The number of aryl methyl sites for hydroxylation is 3. The highest BCUT2D eigenvalue weighted by Crippen LogP contribution is 2.13. The maximum Gasteiger partial charge on any atom is 0.181 e. The standard InChI is InChI=1S/C10H14N4/c1-4-5-8-13-9-6(2)11-7(3)12-10(9)14-8/h4-5H2,1-3H3,(H,11,12,13,14). The molecule has 0 aromatic carbocycles. The monoisotopic (exact) mass is 190 g/mol. The molecule has 2 aromatic heterocycles. The van der Waals surface area contributed by atoms with Gasteiger partial charge in [0.1, 0.15) is 17.2 Å². The van der Waals surface area contributed by atoms with Gasteiger partial charge in [-0.15, -0.1) is 0 Å². The number of H-pyrrole nitrogens is 1. The van der Waals surface area contributed by atoms with Gasteiger partial charge < -0.3 is 4.98 Å². The third-order valence-corrected chi connectivity index (χ3v) is 2.18. The fraction of sp³-hybridized carbons (Fsp3) is 0.500. The lowest BCUT2D eigenvalue weighted by atomic mass is 10.3. The van der Waals surface area contributed by atoms with Gasteiger partial charge in [-0.2, -0.15) is 0 Å². The molecule has 0 unspecified atom stereocenters. The molecule has 14 heavy (non-hydrogen) atoms. The Morgan fingerprint density at radius 3 is 2.64 bits per heavy atom. The van der Waals surface area contributed by atoms with Crippen LogP contribution in [-0.2, 0) is 6.42 Å². The van der Waals surface area contributed by atoms with Gasteiger partial charge in [0.05, 0.1) is 5.69 Å². The maximum absolute atomic E-state index is 4.42. The van der Waals surface area contributed by atoms with E-state index >= 15 is 0 Å². The molecule has 0 saturated carbocycles. The zero-order valence-electron chi connectivity index (χ0n) is 8.76. The highest BCUT2D eigenvalue weighted by molar-refractivity contribution is 5.72. The first-order chi connectivity index (χ1) is 6.70. The molecule has 2 aromatic rings. The van der Waals surface area contributed by atoms with Gasteiger partial charge in [0, 0.05) is 6.42 Å². The number of nitrogens with one attached hydrogen (secondary N) is 1. The molecule has 0 saturated heterocycles. The van der Waals surface area contributed by atoms with E-state index in [1.54, 1.807) is 0 Å². The topological polar surface area (TPSA) is 54.5 Å². The molecule has 0 fully saturated rings.